The summed E-state index contributed by atoms with van der Waals surface area (Å²) in [6.45, 7) is 0.794. The number of hydrogen-bond donors (Lipinski definition) is 0. The highest BCUT2D eigenvalue weighted by molar-refractivity contribution is 14.1. The summed E-state index contributed by atoms with van der Waals surface area (Å²) < 4.78 is 6.26. The van der Waals surface area contributed by atoms with Gasteiger partial charge in [0.1, 0.15) is 6.61 Å². The van der Waals surface area contributed by atoms with Crippen LogP contribution in [0.5, 0.6) is 0 Å². The van der Waals surface area contributed by atoms with Crippen molar-refractivity contribution in [2.75, 3.05) is 13.7 Å². The van der Waals surface area contributed by atoms with E-state index in [0.29, 0.717) is 0 Å². The summed E-state index contributed by atoms with van der Waals surface area (Å²) in [5, 5.41) is 0. The normalized spacial score (nSPS) is 36.6. The van der Waals surface area contributed by atoms with Crippen LogP contribution in [0.25, 0.3) is 0 Å². The number of epoxide rings is 1. The van der Waals surface area contributed by atoms with Crippen molar-refractivity contribution in [3.63, 3.8) is 0 Å². The molecule has 2 rings (SSSR count). The summed E-state index contributed by atoms with van der Waals surface area (Å²) in [5.74, 6) is 0. The van der Waals surface area contributed by atoms with Gasteiger partial charge in [-0.3, -0.25) is 0 Å². The van der Waals surface area contributed by atoms with Gasteiger partial charge in [-0.2, -0.15) is 0 Å². The van der Waals surface area contributed by atoms with Crippen molar-refractivity contribution in [3.05, 3.63) is 12.3 Å². The van der Waals surface area contributed by atoms with Crippen molar-refractivity contribution in [2.45, 2.75) is 5.72 Å². The zero-order valence-corrected chi connectivity index (χ0v) is 7.70. The van der Waals surface area contributed by atoms with E-state index in [-0.39, 0.29) is 5.72 Å². The summed E-state index contributed by atoms with van der Waals surface area (Å²) in [5.41, 5.74) is -0.127. The van der Waals surface area contributed by atoms with Gasteiger partial charge in [-0.25, -0.2) is 4.99 Å². The van der Waals surface area contributed by atoms with Crippen molar-refractivity contribution in [2.24, 2.45) is 4.99 Å². The number of nitrogens with zero attached hydrogens (tertiary/aromatic N) is 2. The summed E-state index contributed by atoms with van der Waals surface area (Å²) in [4.78, 5) is 6.15. The zero-order valence-electron chi connectivity index (χ0n) is 5.54. The minimum atomic E-state index is -0.127. The van der Waals surface area contributed by atoms with E-state index in [1.165, 1.54) is 0 Å². The average molecular weight is 250 g/mol. The maximum absolute atomic E-state index is 5.27. The highest BCUT2D eigenvalue weighted by Gasteiger charge is 2.48. The molecule has 0 N–H and O–H groups in total. The first-order chi connectivity index (χ1) is 4.75. The molecule has 0 aromatic rings. The van der Waals surface area contributed by atoms with Crippen LogP contribution in [0.4, 0.5) is 0 Å². The van der Waals surface area contributed by atoms with Crippen LogP contribution >= 0.6 is 22.6 Å². The van der Waals surface area contributed by atoms with Crippen LogP contribution in [-0.4, -0.2) is 28.1 Å². The predicted octanol–water partition coefficient (Wildman–Crippen LogP) is 0.963. The fourth-order valence-corrected chi connectivity index (χ4v) is 1.50. The van der Waals surface area contributed by atoms with Crippen molar-refractivity contribution in [3.8, 4) is 0 Å². The molecule has 1 spiro atoms. The van der Waals surface area contributed by atoms with Crippen LogP contribution in [0.3, 0.4) is 0 Å². The van der Waals surface area contributed by atoms with E-state index in [2.05, 4.69) is 27.6 Å². The van der Waals surface area contributed by atoms with E-state index < -0.39 is 0 Å². The third-order valence-electron chi connectivity index (χ3n) is 1.80. The summed E-state index contributed by atoms with van der Waals surface area (Å²) in [6, 6.07) is 0. The van der Waals surface area contributed by atoms with Gasteiger partial charge in [-0.15, -0.1) is 0 Å². The van der Waals surface area contributed by atoms with Gasteiger partial charge in [0.15, 0.2) is 9.57 Å². The Morgan fingerprint density at radius 3 is 3.10 bits per heavy atom. The van der Waals surface area contributed by atoms with E-state index >= 15 is 0 Å². The number of hydrogen-bond acceptors (Lipinski definition) is 3. The first-order valence-electron chi connectivity index (χ1n) is 3.03. The smallest absolute Gasteiger partial charge is 0.187 e. The fraction of sp³-hybridized carbons (Fsp3) is 0.500. The number of rotatable bonds is 0. The lowest BCUT2D eigenvalue weighted by molar-refractivity contribution is 0.222. The van der Waals surface area contributed by atoms with Crippen molar-refractivity contribution in [1.82, 2.24) is 4.90 Å². The molecule has 2 aliphatic rings. The first-order valence-corrected chi connectivity index (χ1v) is 4.11. The first kappa shape index (κ1) is 6.60. The van der Waals surface area contributed by atoms with Gasteiger partial charge in [0, 0.05) is 13.2 Å². The molecule has 0 aromatic carbocycles. The Hall–Kier alpha value is -0.100. The van der Waals surface area contributed by atoms with Crippen LogP contribution < -0.4 is 0 Å². The molecule has 10 heavy (non-hydrogen) atoms. The second kappa shape index (κ2) is 1.94. The Kier molecular flexibility index (Phi) is 1.28. The molecule has 2 aliphatic heterocycles. The summed E-state index contributed by atoms with van der Waals surface area (Å²) >= 11 is 2.19. The maximum Gasteiger partial charge on any atom is 0.187 e. The van der Waals surface area contributed by atoms with Crippen molar-refractivity contribution in [1.29, 1.82) is 0 Å². The largest absolute Gasteiger partial charge is 0.344 e. The Morgan fingerprint density at radius 1 is 1.90 bits per heavy atom. The van der Waals surface area contributed by atoms with Crippen molar-refractivity contribution < 1.29 is 4.74 Å². The van der Waals surface area contributed by atoms with Gasteiger partial charge >= 0.3 is 0 Å². The molecule has 0 bridgehead atoms. The molecule has 0 aliphatic carbocycles. The number of amidine groups is 1. The number of likely N-dealkylation sites (N-methyl/N-ethyl adjacent to an activating group) is 1. The topological polar surface area (TPSA) is 28.1 Å². The molecular weight excluding hydrogens is 243 g/mol. The highest BCUT2D eigenvalue weighted by atomic mass is 127. The van der Waals surface area contributed by atoms with Crippen LogP contribution in [0.2, 0.25) is 0 Å². The monoisotopic (exact) mass is 250 g/mol. The maximum atomic E-state index is 5.27. The molecule has 0 radical (unpaired) electrons. The van der Waals surface area contributed by atoms with Gasteiger partial charge < -0.3 is 9.64 Å². The van der Waals surface area contributed by atoms with Crippen molar-refractivity contribution >= 4 is 26.4 Å². The summed E-state index contributed by atoms with van der Waals surface area (Å²) in [6.07, 6.45) is 3.78. The lowest BCUT2D eigenvalue weighted by atomic mass is 10.3. The van der Waals surface area contributed by atoms with Gasteiger partial charge in [0.05, 0.1) is 0 Å². The van der Waals surface area contributed by atoms with E-state index in [0.717, 1.165) is 10.4 Å². The quantitative estimate of drug-likeness (QED) is 0.364. The van der Waals surface area contributed by atoms with E-state index in [1.807, 2.05) is 18.0 Å². The number of halogens is 1. The van der Waals surface area contributed by atoms with Crippen LogP contribution in [0.1, 0.15) is 0 Å². The third-order valence-corrected chi connectivity index (χ3v) is 2.80. The lowest BCUT2D eigenvalue weighted by Gasteiger charge is -2.24. The SMILES string of the molecule is CN1C(I)=NC=CC12CO2. The highest BCUT2D eigenvalue weighted by Crippen LogP contribution is 2.35. The molecule has 2 heterocycles. The minimum Gasteiger partial charge on any atom is -0.344 e. The molecule has 3 nitrogen and oxygen atoms in total. The molecule has 1 fully saturated rings. The van der Waals surface area contributed by atoms with Gasteiger partial charge in [-0.05, 0) is 28.7 Å². The molecule has 1 atom stereocenters. The standard InChI is InChI=1S/C6H7IN2O/c1-9-5(7)8-3-2-6(9)4-10-6/h2-3H,4H2,1H3. The molecular formula is C6H7IN2O. The summed E-state index contributed by atoms with van der Waals surface area (Å²) in [7, 11) is 1.99. The lowest BCUT2D eigenvalue weighted by Crippen LogP contribution is -2.37. The molecule has 0 aromatic heterocycles. The van der Waals surface area contributed by atoms with Gasteiger partial charge in [0.2, 0.25) is 0 Å². The Balaban J connectivity index is 2.29. The van der Waals surface area contributed by atoms with E-state index in [1.54, 1.807) is 6.20 Å². The second-order valence-corrected chi connectivity index (χ2v) is 3.37. The molecule has 4 heteroatoms. The predicted molar refractivity (Wildman–Crippen MR) is 47.0 cm³/mol. The molecule has 54 valence electrons. The van der Waals surface area contributed by atoms with Crippen LogP contribution in [0.15, 0.2) is 17.3 Å². The number of ether oxygens (including phenoxy) is 1. The van der Waals surface area contributed by atoms with Crippen LogP contribution in [0, 0.1) is 0 Å². The Labute approximate surface area is 72.9 Å². The molecule has 1 saturated heterocycles. The second-order valence-electron chi connectivity index (χ2n) is 2.41. The Bertz CT molecular complexity index is 220. The molecule has 1 unspecified atom stereocenters. The Morgan fingerprint density at radius 2 is 2.60 bits per heavy atom. The van der Waals surface area contributed by atoms with E-state index in [9.17, 15) is 0 Å². The zero-order chi connectivity index (χ0) is 7.19. The fourth-order valence-electron chi connectivity index (χ4n) is 0.934. The minimum absolute atomic E-state index is 0.127. The van der Waals surface area contributed by atoms with Gasteiger partial charge in [0.25, 0.3) is 0 Å². The van der Waals surface area contributed by atoms with E-state index in [4.69, 9.17) is 4.74 Å². The third kappa shape index (κ3) is 0.784. The van der Waals surface area contributed by atoms with Gasteiger partial charge in [-0.1, -0.05) is 0 Å². The average Bonchev–Trinajstić information content (AvgIpc) is 2.65. The van der Waals surface area contributed by atoms with Crippen LogP contribution in [-0.2, 0) is 4.74 Å². The molecule has 0 amide bonds. The number of aliphatic imine (C=N–C) groups is 1. The molecule has 0 saturated carbocycles.